The van der Waals surface area contributed by atoms with Crippen LogP contribution in [0.1, 0.15) is 38.8 Å². The summed E-state index contributed by atoms with van der Waals surface area (Å²) in [7, 11) is 0. The monoisotopic (exact) mass is 257 g/mol. The Bertz CT molecular complexity index is 378. The molecule has 1 aromatic rings. The fourth-order valence-corrected chi connectivity index (χ4v) is 1.52. The van der Waals surface area contributed by atoms with E-state index in [1.807, 2.05) is 13.8 Å². The van der Waals surface area contributed by atoms with Crippen LogP contribution in [0.3, 0.4) is 0 Å². The van der Waals surface area contributed by atoms with Gasteiger partial charge in [0.2, 0.25) is 0 Å². The number of rotatable bonds is 5. The van der Waals surface area contributed by atoms with E-state index < -0.39 is 5.60 Å². The first kappa shape index (κ1) is 14.3. The van der Waals surface area contributed by atoms with Crippen LogP contribution in [0.2, 0.25) is 5.02 Å². The van der Waals surface area contributed by atoms with Crippen LogP contribution < -0.4 is 10.5 Å². The largest absolute Gasteiger partial charge is 0.490 e. The summed E-state index contributed by atoms with van der Waals surface area (Å²) in [6.45, 7) is 5.77. The highest BCUT2D eigenvalue weighted by Gasteiger charge is 2.19. The molecular weight excluding hydrogens is 238 g/mol. The molecule has 3 N–H and O–H groups in total. The molecule has 2 atom stereocenters. The molecule has 0 spiro atoms. The highest BCUT2D eigenvalue weighted by Crippen LogP contribution is 2.28. The zero-order valence-electron chi connectivity index (χ0n) is 10.5. The predicted molar refractivity (Wildman–Crippen MR) is 70.5 cm³/mol. The molecule has 0 aliphatic heterocycles. The summed E-state index contributed by atoms with van der Waals surface area (Å²) in [4.78, 5) is 0. The summed E-state index contributed by atoms with van der Waals surface area (Å²) in [6.07, 6.45) is 0.633. The summed E-state index contributed by atoms with van der Waals surface area (Å²) < 4.78 is 5.62. The van der Waals surface area contributed by atoms with Gasteiger partial charge in [0.1, 0.15) is 12.4 Å². The van der Waals surface area contributed by atoms with Crippen molar-refractivity contribution in [3.05, 3.63) is 28.8 Å². The minimum absolute atomic E-state index is 0.157. The third-order valence-corrected chi connectivity index (χ3v) is 3.00. The molecule has 2 unspecified atom stereocenters. The average Bonchev–Trinajstić information content (AvgIpc) is 2.27. The number of halogens is 1. The van der Waals surface area contributed by atoms with Crippen molar-refractivity contribution in [2.45, 2.75) is 38.8 Å². The molecule has 96 valence electrons. The van der Waals surface area contributed by atoms with Crippen LogP contribution in [0.5, 0.6) is 5.75 Å². The molecule has 0 amide bonds. The van der Waals surface area contributed by atoms with Crippen molar-refractivity contribution < 1.29 is 9.84 Å². The van der Waals surface area contributed by atoms with E-state index in [1.54, 1.807) is 25.1 Å². The van der Waals surface area contributed by atoms with E-state index >= 15 is 0 Å². The maximum absolute atomic E-state index is 9.89. The average molecular weight is 258 g/mol. The Labute approximate surface area is 108 Å². The van der Waals surface area contributed by atoms with Gasteiger partial charge >= 0.3 is 0 Å². The van der Waals surface area contributed by atoms with Crippen LogP contribution in [0.25, 0.3) is 0 Å². The van der Waals surface area contributed by atoms with Crippen molar-refractivity contribution in [2.24, 2.45) is 5.73 Å². The first-order valence-corrected chi connectivity index (χ1v) is 6.13. The summed E-state index contributed by atoms with van der Waals surface area (Å²) in [5.41, 5.74) is 5.88. The predicted octanol–water partition coefficient (Wildman–Crippen LogP) is 2.90. The lowest BCUT2D eigenvalue weighted by atomic mass is 10.1. The van der Waals surface area contributed by atoms with E-state index in [2.05, 4.69) is 0 Å². The SMILES string of the molecule is CCC(C)(O)COc1ccc(Cl)cc1C(C)N. The van der Waals surface area contributed by atoms with Crippen LogP contribution in [0.15, 0.2) is 18.2 Å². The molecule has 1 rings (SSSR count). The van der Waals surface area contributed by atoms with Gasteiger partial charge in [-0.3, -0.25) is 0 Å². The number of hydrogen-bond acceptors (Lipinski definition) is 3. The summed E-state index contributed by atoms with van der Waals surface area (Å²) in [5, 5.41) is 10.5. The summed E-state index contributed by atoms with van der Waals surface area (Å²) >= 11 is 5.92. The van der Waals surface area contributed by atoms with E-state index in [9.17, 15) is 5.11 Å². The zero-order valence-corrected chi connectivity index (χ0v) is 11.3. The number of hydrogen-bond donors (Lipinski definition) is 2. The Hall–Kier alpha value is -0.770. The number of ether oxygens (including phenoxy) is 1. The number of benzene rings is 1. The lowest BCUT2D eigenvalue weighted by Gasteiger charge is -2.23. The molecule has 0 aromatic heterocycles. The third kappa shape index (κ3) is 4.19. The van der Waals surface area contributed by atoms with E-state index in [0.29, 0.717) is 17.2 Å². The van der Waals surface area contributed by atoms with Gasteiger partial charge in [-0.25, -0.2) is 0 Å². The lowest BCUT2D eigenvalue weighted by Crippen LogP contribution is -2.31. The highest BCUT2D eigenvalue weighted by atomic mass is 35.5. The lowest BCUT2D eigenvalue weighted by molar-refractivity contribution is 0.00810. The Balaban J connectivity index is 2.84. The maximum atomic E-state index is 9.89. The maximum Gasteiger partial charge on any atom is 0.124 e. The Morgan fingerprint density at radius 3 is 2.71 bits per heavy atom. The number of nitrogens with two attached hydrogens (primary N) is 1. The van der Waals surface area contributed by atoms with Gasteiger partial charge in [-0.2, -0.15) is 0 Å². The molecule has 3 nitrogen and oxygen atoms in total. The van der Waals surface area contributed by atoms with Crippen LogP contribution in [0.4, 0.5) is 0 Å². The quantitative estimate of drug-likeness (QED) is 0.853. The second kappa shape index (κ2) is 5.71. The van der Waals surface area contributed by atoms with E-state index in [1.165, 1.54) is 0 Å². The van der Waals surface area contributed by atoms with Gasteiger partial charge in [-0.05, 0) is 38.5 Å². The fourth-order valence-electron chi connectivity index (χ4n) is 1.34. The molecular formula is C13H20ClNO2. The number of aliphatic hydroxyl groups is 1. The Morgan fingerprint density at radius 1 is 1.53 bits per heavy atom. The van der Waals surface area contributed by atoms with E-state index in [4.69, 9.17) is 22.1 Å². The molecule has 17 heavy (non-hydrogen) atoms. The van der Waals surface area contributed by atoms with Gasteiger partial charge in [0.05, 0.1) is 5.60 Å². The summed E-state index contributed by atoms with van der Waals surface area (Å²) in [5.74, 6) is 0.679. The second-order valence-corrected chi connectivity index (χ2v) is 5.05. The summed E-state index contributed by atoms with van der Waals surface area (Å²) in [6, 6.07) is 5.17. The van der Waals surface area contributed by atoms with Crippen molar-refractivity contribution in [3.8, 4) is 5.75 Å². The van der Waals surface area contributed by atoms with Crippen molar-refractivity contribution in [2.75, 3.05) is 6.61 Å². The van der Waals surface area contributed by atoms with Crippen molar-refractivity contribution >= 4 is 11.6 Å². The molecule has 0 aliphatic carbocycles. The first-order chi connectivity index (χ1) is 7.85. The van der Waals surface area contributed by atoms with E-state index in [0.717, 1.165) is 5.56 Å². The highest BCUT2D eigenvalue weighted by molar-refractivity contribution is 6.30. The third-order valence-electron chi connectivity index (χ3n) is 2.76. The topological polar surface area (TPSA) is 55.5 Å². The van der Waals surface area contributed by atoms with Crippen molar-refractivity contribution in [1.82, 2.24) is 0 Å². The van der Waals surface area contributed by atoms with Crippen LogP contribution >= 0.6 is 11.6 Å². The Morgan fingerprint density at radius 2 is 2.18 bits per heavy atom. The molecule has 0 saturated heterocycles. The fraction of sp³-hybridized carbons (Fsp3) is 0.538. The van der Waals surface area contributed by atoms with Crippen LogP contribution in [0, 0.1) is 0 Å². The van der Waals surface area contributed by atoms with E-state index in [-0.39, 0.29) is 12.6 Å². The Kier molecular flexibility index (Phi) is 4.80. The molecule has 0 heterocycles. The van der Waals surface area contributed by atoms with Crippen molar-refractivity contribution in [3.63, 3.8) is 0 Å². The molecule has 4 heteroatoms. The molecule has 0 saturated carbocycles. The first-order valence-electron chi connectivity index (χ1n) is 5.76. The molecule has 0 aliphatic rings. The standard InChI is InChI=1S/C13H20ClNO2/c1-4-13(3,16)8-17-12-6-5-10(14)7-11(12)9(2)15/h5-7,9,16H,4,8,15H2,1-3H3. The van der Waals surface area contributed by atoms with Gasteiger partial charge in [0.15, 0.2) is 0 Å². The minimum Gasteiger partial charge on any atom is -0.490 e. The molecule has 0 bridgehead atoms. The van der Waals surface area contributed by atoms with Gasteiger partial charge < -0.3 is 15.6 Å². The van der Waals surface area contributed by atoms with Gasteiger partial charge in [0, 0.05) is 16.6 Å². The van der Waals surface area contributed by atoms with Gasteiger partial charge in [-0.1, -0.05) is 18.5 Å². The van der Waals surface area contributed by atoms with Crippen LogP contribution in [-0.4, -0.2) is 17.3 Å². The van der Waals surface area contributed by atoms with Gasteiger partial charge in [-0.15, -0.1) is 0 Å². The van der Waals surface area contributed by atoms with Gasteiger partial charge in [0.25, 0.3) is 0 Å². The molecule has 1 aromatic carbocycles. The van der Waals surface area contributed by atoms with Crippen LogP contribution in [-0.2, 0) is 0 Å². The second-order valence-electron chi connectivity index (χ2n) is 4.61. The molecule has 0 radical (unpaired) electrons. The minimum atomic E-state index is -0.825. The van der Waals surface area contributed by atoms with Crippen molar-refractivity contribution in [1.29, 1.82) is 0 Å². The smallest absolute Gasteiger partial charge is 0.124 e. The normalized spacial score (nSPS) is 16.4. The zero-order chi connectivity index (χ0) is 13.1. The molecule has 0 fully saturated rings.